The Morgan fingerprint density at radius 1 is 1.10 bits per heavy atom. The molecule has 2 N–H and O–H groups in total. The van der Waals surface area contributed by atoms with Crippen LogP contribution < -0.4 is 20.1 Å². The molecule has 0 unspecified atom stereocenters. The summed E-state index contributed by atoms with van der Waals surface area (Å²) in [5, 5.41) is 5.38. The van der Waals surface area contributed by atoms with Gasteiger partial charge in [0.1, 0.15) is 17.9 Å². The molecular formula is C15H22N2O4. The van der Waals surface area contributed by atoms with Crippen molar-refractivity contribution in [1.82, 2.24) is 5.32 Å². The van der Waals surface area contributed by atoms with Gasteiger partial charge in [-0.15, -0.1) is 0 Å². The molecule has 1 rings (SSSR count). The van der Waals surface area contributed by atoms with Crippen LogP contribution in [-0.4, -0.2) is 31.6 Å². The van der Waals surface area contributed by atoms with Gasteiger partial charge in [0.05, 0.1) is 19.9 Å². The molecule has 0 aliphatic heterocycles. The molecule has 0 aliphatic carbocycles. The lowest BCUT2D eigenvalue weighted by Crippen LogP contribution is -2.41. The number of ether oxygens (including phenoxy) is 2. The van der Waals surface area contributed by atoms with Crippen LogP contribution in [0.3, 0.4) is 0 Å². The quantitative estimate of drug-likeness (QED) is 0.814. The van der Waals surface area contributed by atoms with Crippen LogP contribution in [-0.2, 0) is 9.59 Å². The average Bonchev–Trinajstić information content (AvgIpc) is 2.35. The van der Waals surface area contributed by atoms with E-state index in [-0.39, 0.29) is 17.9 Å². The normalized spacial score (nSPS) is 10.7. The Bertz CT molecular complexity index is 521. The van der Waals surface area contributed by atoms with E-state index in [2.05, 4.69) is 10.6 Å². The van der Waals surface area contributed by atoms with Gasteiger partial charge in [-0.05, 0) is 32.9 Å². The molecular weight excluding hydrogens is 272 g/mol. The standard InChI is InChI=1S/C15H22N2O4/c1-15(2,3)17-14(19)9-13(18)16-11-8-10(20-4)6-7-12(11)21-5/h6-8H,9H2,1-5H3,(H,16,18)(H,17,19). The fraction of sp³-hybridized carbons (Fsp3) is 0.467. The van der Waals surface area contributed by atoms with E-state index < -0.39 is 5.91 Å². The van der Waals surface area contributed by atoms with E-state index in [1.165, 1.54) is 14.2 Å². The highest BCUT2D eigenvalue weighted by atomic mass is 16.5. The van der Waals surface area contributed by atoms with Crippen LogP contribution >= 0.6 is 0 Å². The lowest BCUT2D eigenvalue weighted by Gasteiger charge is -2.20. The van der Waals surface area contributed by atoms with Crippen molar-refractivity contribution in [3.8, 4) is 11.5 Å². The number of rotatable bonds is 5. The van der Waals surface area contributed by atoms with Crippen molar-refractivity contribution in [2.75, 3.05) is 19.5 Å². The number of methoxy groups -OCH3 is 2. The maximum Gasteiger partial charge on any atom is 0.233 e. The first-order chi connectivity index (χ1) is 9.75. The molecule has 6 nitrogen and oxygen atoms in total. The van der Waals surface area contributed by atoms with Gasteiger partial charge in [0.25, 0.3) is 0 Å². The van der Waals surface area contributed by atoms with E-state index in [9.17, 15) is 9.59 Å². The largest absolute Gasteiger partial charge is 0.497 e. The van der Waals surface area contributed by atoms with Crippen molar-refractivity contribution in [3.63, 3.8) is 0 Å². The van der Waals surface area contributed by atoms with E-state index in [1.54, 1.807) is 18.2 Å². The summed E-state index contributed by atoms with van der Waals surface area (Å²) < 4.78 is 10.3. The van der Waals surface area contributed by atoms with Gasteiger partial charge >= 0.3 is 0 Å². The Labute approximate surface area is 124 Å². The third-order valence-electron chi connectivity index (χ3n) is 2.52. The van der Waals surface area contributed by atoms with E-state index >= 15 is 0 Å². The molecule has 0 radical (unpaired) electrons. The van der Waals surface area contributed by atoms with Gasteiger partial charge in [0, 0.05) is 11.6 Å². The summed E-state index contributed by atoms with van der Waals surface area (Å²) in [6.45, 7) is 5.57. The minimum absolute atomic E-state index is 0.252. The zero-order valence-electron chi connectivity index (χ0n) is 13.1. The molecule has 6 heteroatoms. The monoisotopic (exact) mass is 294 g/mol. The van der Waals surface area contributed by atoms with Crippen LogP contribution in [0.15, 0.2) is 18.2 Å². The zero-order valence-corrected chi connectivity index (χ0v) is 13.1. The van der Waals surface area contributed by atoms with Crippen LogP contribution in [0.1, 0.15) is 27.2 Å². The molecule has 1 aromatic rings. The number of nitrogens with one attached hydrogen (secondary N) is 2. The van der Waals surface area contributed by atoms with Crippen LogP contribution in [0.2, 0.25) is 0 Å². The second-order valence-corrected chi connectivity index (χ2v) is 5.59. The fourth-order valence-corrected chi connectivity index (χ4v) is 1.71. The number of anilines is 1. The molecule has 0 saturated carbocycles. The predicted molar refractivity (Wildman–Crippen MR) is 80.7 cm³/mol. The summed E-state index contributed by atoms with van der Waals surface area (Å²) >= 11 is 0. The second kappa shape index (κ2) is 6.97. The fourth-order valence-electron chi connectivity index (χ4n) is 1.71. The Balaban J connectivity index is 2.72. The first-order valence-electron chi connectivity index (χ1n) is 6.58. The number of hydrogen-bond donors (Lipinski definition) is 2. The average molecular weight is 294 g/mol. The molecule has 0 aliphatic rings. The van der Waals surface area contributed by atoms with Crippen molar-refractivity contribution < 1.29 is 19.1 Å². The molecule has 116 valence electrons. The minimum Gasteiger partial charge on any atom is -0.497 e. The second-order valence-electron chi connectivity index (χ2n) is 5.59. The van der Waals surface area contributed by atoms with Gasteiger partial charge in [0.15, 0.2) is 0 Å². The Morgan fingerprint density at radius 3 is 2.29 bits per heavy atom. The van der Waals surface area contributed by atoms with Crippen LogP contribution in [0, 0.1) is 0 Å². The molecule has 2 amide bonds. The van der Waals surface area contributed by atoms with Crippen LogP contribution in [0.25, 0.3) is 0 Å². The van der Waals surface area contributed by atoms with E-state index in [4.69, 9.17) is 9.47 Å². The van der Waals surface area contributed by atoms with E-state index in [0.29, 0.717) is 17.2 Å². The van der Waals surface area contributed by atoms with Crippen molar-refractivity contribution in [1.29, 1.82) is 0 Å². The first-order valence-corrected chi connectivity index (χ1v) is 6.58. The molecule has 0 saturated heterocycles. The van der Waals surface area contributed by atoms with Gasteiger partial charge in [-0.2, -0.15) is 0 Å². The third kappa shape index (κ3) is 5.72. The molecule has 0 aromatic heterocycles. The van der Waals surface area contributed by atoms with E-state index in [0.717, 1.165) is 0 Å². The number of benzene rings is 1. The topological polar surface area (TPSA) is 76.7 Å². The Hall–Kier alpha value is -2.24. The minimum atomic E-state index is -0.414. The predicted octanol–water partition coefficient (Wildman–Crippen LogP) is 1.95. The first kappa shape index (κ1) is 16.8. The summed E-state index contributed by atoms with van der Waals surface area (Å²) in [6, 6.07) is 5.04. The van der Waals surface area contributed by atoms with Gasteiger partial charge < -0.3 is 20.1 Å². The molecule has 0 heterocycles. The number of amides is 2. The molecule has 0 bridgehead atoms. The lowest BCUT2D eigenvalue weighted by molar-refractivity contribution is -0.127. The molecule has 0 atom stereocenters. The zero-order chi connectivity index (χ0) is 16.0. The van der Waals surface area contributed by atoms with Gasteiger partial charge in [0.2, 0.25) is 11.8 Å². The summed E-state index contributed by atoms with van der Waals surface area (Å²) in [7, 11) is 3.04. The van der Waals surface area contributed by atoms with Crippen molar-refractivity contribution in [3.05, 3.63) is 18.2 Å². The third-order valence-corrected chi connectivity index (χ3v) is 2.52. The Kier molecular flexibility index (Phi) is 5.58. The smallest absolute Gasteiger partial charge is 0.233 e. The highest BCUT2D eigenvalue weighted by Crippen LogP contribution is 2.28. The maximum absolute atomic E-state index is 11.9. The van der Waals surface area contributed by atoms with Crippen molar-refractivity contribution in [2.24, 2.45) is 0 Å². The molecule has 21 heavy (non-hydrogen) atoms. The van der Waals surface area contributed by atoms with Crippen molar-refractivity contribution in [2.45, 2.75) is 32.7 Å². The highest BCUT2D eigenvalue weighted by molar-refractivity contribution is 6.04. The summed E-state index contributed by atoms with van der Waals surface area (Å²) in [5.74, 6) is 0.343. The number of carbonyl (C=O) groups excluding carboxylic acids is 2. The lowest BCUT2D eigenvalue weighted by atomic mass is 10.1. The van der Waals surface area contributed by atoms with Crippen molar-refractivity contribution >= 4 is 17.5 Å². The van der Waals surface area contributed by atoms with E-state index in [1.807, 2.05) is 20.8 Å². The Morgan fingerprint density at radius 2 is 1.76 bits per heavy atom. The van der Waals surface area contributed by atoms with Gasteiger partial charge in [-0.25, -0.2) is 0 Å². The summed E-state index contributed by atoms with van der Waals surface area (Å²) in [5.41, 5.74) is 0.0933. The number of hydrogen-bond acceptors (Lipinski definition) is 4. The molecule has 0 spiro atoms. The van der Waals surface area contributed by atoms with Crippen LogP contribution in [0.5, 0.6) is 11.5 Å². The van der Waals surface area contributed by atoms with Gasteiger partial charge in [-0.1, -0.05) is 0 Å². The highest BCUT2D eigenvalue weighted by Gasteiger charge is 2.17. The van der Waals surface area contributed by atoms with Crippen LogP contribution in [0.4, 0.5) is 5.69 Å². The van der Waals surface area contributed by atoms with Gasteiger partial charge in [-0.3, -0.25) is 9.59 Å². The molecule has 1 aromatic carbocycles. The number of carbonyl (C=O) groups is 2. The maximum atomic E-state index is 11.9. The SMILES string of the molecule is COc1ccc(OC)c(NC(=O)CC(=O)NC(C)(C)C)c1. The summed E-state index contributed by atoms with van der Waals surface area (Å²) in [4.78, 5) is 23.6. The summed E-state index contributed by atoms with van der Waals surface area (Å²) in [6.07, 6.45) is -0.252. The molecule has 0 fully saturated rings.